The summed E-state index contributed by atoms with van der Waals surface area (Å²) in [5, 5.41) is 11.9. The van der Waals surface area contributed by atoms with Gasteiger partial charge in [-0.05, 0) is 41.8 Å². The first kappa shape index (κ1) is 15.3. The Balaban J connectivity index is 2.36. The van der Waals surface area contributed by atoms with Gasteiger partial charge in [-0.3, -0.25) is 0 Å². The zero-order valence-corrected chi connectivity index (χ0v) is 12.5. The predicted molar refractivity (Wildman–Crippen MR) is 80.8 cm³/mol. The first-order chi connectivity index (χ1) is 9.44. The second kappa shape index (κ2) is 6.13. The van der Waals surface area contributed by atoms with Crippen molar-refractivity contribution in [2.75, 3.05) is 0 Å². The van der Waals surface area contributed by atoms with E-state index < -0.39 is 5.60 Å². The molecule has 2 aromatic rings. The zero-order valence-electron chi connectivity index (χ0n) is 11.0. The number of benzene rings is 2. The summed E-state index contributed by atoms with van der Waals surface area (Å²) < 4.78 is 13.4. The molecule has 1 atom stereocenters. The van der Waals surface area contributed by atoms with E-state index in [0.717, 1.165) is 5.56 Å². The maximum Gasteiger partial charge on any atom is 0.123 e. The van der Waals surface area contributed by atoms with Crippen molar-refractivity contribution >= 4 is 23.2 Å². The van der Waals surface area contributed by atoms with E-state index in [0.29, 0.717) is 28.5 Å². The van der Waals surface area contributed by atoms with Crippen LogP contribution in [0.2, 0.25) is 10.0 Å². The molecule has 4 heteroatoms. The number of aliphatic hydroxyl groups is 1. The third-order valence-electron chi connectivity index (χ3n) is 3.44. The lowest BCUT2D eigenvalue weighted by Gasteiger charge is -2.28. The first-order valence-electron chi connectivity index (χ1n) is 6.37. The minimum absolute atomic E-state index is 0.308. The van der Waals surface area contributed by atoms with Crippen molar-refractivity contribution in [1.82, 2.24) is 0 Å². The second-order valence-electron chi connectivity index (χ2n) is 4.81. The Morgan fingerprint density at radius 2 is 1.90 bits per heavy atom. The van der Waals surface area contributed by atoms with Gasteiger partial charge in [0.1, 0.15) is 5.82 Å². The summed E-state index contributed by atoms with van der Waals surface area (Å²) in [6, 6.07) is 11.2. The molecule has 0 aliphatic heterocycles. The van der Waals surface area contributed by atoms with Gasteiger partial charge < -0.3 is 5.11 Å². The average molecular weight is 313 g/mol. The molecule has 0 fully saturated rings. The van der Waals surface area contributed by atoms with Crippen LogP contribution in [-0.2, 0) is 12.0 Å². The molecule has 0 aliphatic carbocycles. The quantitative estimate of drug-likeness (QED) is 0.844. The Labute approximate surface area is 128 Å². The van der Waals surface area contributed by atoms with Gasteiger partial charge in [0, 0.05) is 16.5 Å². The average Bonchev–Trinajstić information content (AvgIpc) is 2.42. The van der Waals surface area contributed by atoms with Crippen LogP contribution in [0.15, 0.2) is 42.5 Å². The number of hydrogen-bond acceptors (Lipinski definition) is 1. The van der Waals surface area contributed by atoms with E-state index in [9.17, 15) is 9.50 Å². The standard InChI is InChI=1S/C16H15Cl2FO/c1-2-16(20,12-4-3-5-14(19)8-12)10-11-6-7-13(17)9-15(11)18/h3-9,20H,2,10H2,1H3. The van der Waals surface area contributed by atoms with Gasteiger partial charge in [-0.25, -0.2) is 4.39 Å². The van der Waals surface area contributed by atoms with Gasteiger partial charge in [0.25, 0.3) is 0 Å². The summed E-state index contributed by atoms with van der Waals surface area (Å²) in [7, 11) is 0. The topological polar surface area (TPSA) is 20.2 Å². The summed E-state index contributed by atoms with van der Waals surface area (Å²) in [5.74, 6) is -0.364. The van der Waals surface area contributed by atoms with Crippen LogP contribution >= 0.6 is 23.2 Å². The molecule has 0 heterocycles. The molecular formula is C16H15Cl2FO. The van der Waals surface area contributed by atoms with Gasteiger partial charge >= 0.3 is 0 Å². The maximum atomic E-state index is 13.4. The fourth-order valence-electron chi connectivity index (χ4n) is 2.19. The summed E-state index contributed by atoms with van der Waals surface area (Å²) in [4.78, 5) is 0. The Bertz CT molecular complexity index is 615. The van der Waals surface area contributed by atoms with Gasteiger partial charge in [-0.1, -0.05) is 48.3 Å². The Kier molecular flexibility index (Phi) is 4.69. The van der Waals surface area contributed by atoms with Gasteiger partial charge in [0.2, 0.25) is 0 Å². The van der Waals surface area contributed by atoms with Crippen LogP contribution in [0.5, 0.6) is 0 Å². The molecule has 2 aromatic carbocycles. The molecule has 0 aromatic heterocycles. The third-order valence-corrected chi connectivity index (χ3v) is 4.03. The number of halogens is 3. The minimum atomic E-state index is -1.15. The van der Waals surface area contributed by atoms with Crippen molar-refractivity contribution in [2.24, 2.45) is 0 Å². The van der Waals surface area contributed by atoms with E-state index in [-0.39, 0.29) is 5.82 Å². The smallest absolute Gasteiger partial charge is 0.123 e. The largest absolute Gasteiger partial charge is 0.385 e. The SMILES string of the molecule is CCC(O)(Cc1ccc(Cl)cc1Cl)c1cccc(F)c1. The molecule has 1 unspecified atom stereocenters. The molecule has 20 heavy (non-hydrogen) atoms. The summed E-state index contributed by atoms with van der Waals surface area (Å²) in [6.45, 7) is 1.86. The van der Waals surface area contributed by atoms with Gasteiger partial charge in [0.15, 0.2) is 0 Å². The van der Waals surface area contributed by atoms with Crippen LogP contribution in [0.25, 0.3) is 0 Å². The maximum absolute atomic E-state index is 13.4. The van der Waals surface area contributed by atoms with Crippen molar-refractivity contribution in [1.29, 1.82) is 0 Å². The van der Waals surface area contributed by atoms with Crippen molar-refractivity contribution in [3.05, 3.63) is 69.5 Å². The summed E-state index contributed by atoms with van der Waals surface area (Å²) in [6.07, 6.45) is 0.762. The molecular weight excluding hydrogens is 298 g/mol. The van der Waals surface area contributed by atoms with Gasteiger partial charge in [-0.2, -0.15) is 0 Å². The molecule has 2 rings (SSSR count). The monoisotopic (exact) mass is 312 g/mol. The molecule has 0 spiro atoms. The van der Waals surface area contributed by atoms with E-state index >= 15 is 0 Å². The Morgan fingerprint density at radius 1 is 1.15 bits per heavy atom. The zero-order chi connectivity index (χ0) is 14.8. The van der Waals surface area contributed by atoms with Gasteiger partial charge in [0.05, 0.1) is 5.60 Å². The van der Waals surface area contributed by atoms with Crippen LogP contribution in [0.1, 0.15) is 24.5 Å². The predicted octanol–water partition coefficient (Wildman–Crippen LogP) is 4.97. The third kappa shape index (κ3) is 3.32. The minimum Gasteiger partial charge on any atom is -0.385 e. The highest BCUT2D eigenvalue weighted by atomic mass is 35.5. The van der Waals surface area contributed by atoms with Crippen LogP contribution in [0, 0.1) is 5.82 Å². The highest BCUT2D eigenvalue weighted by Crippen LogP contribution is 2.32. The number of hydrogen-bond donors (Lipinski definition) is 1. The Morgan fingerprint density at radius 3 is 2.50 bits per heavy atom. The molecule has 0 aliphatic rings. The molecule has 0 saturated carbocycles. The lowest BCUT2D eigenvalue weighted by Crippen LogP contribution is -2.28. The lowest BCUT2D eigenvalue weighted by atomic mass is 9.85. The second-order valence-corrected chi connectivity index (χ2v) is 5.65. The molecule has 0 amide bonds. The van der Waals surface area contributed by atoms with Crippen molar-refractivity contribution in [3.63, 3.8) is 0 Å². The summed E-state index contributed by atoms with van der Waals surface area (Å²) in [5.41, 5.74) is 0.176. The highest BCUT2D eigenvalue weighted by molar-refractivity contribution is 6.35. The number of rotatable bonds is 4. The van der Waals surface area contributed by atoms with Crippen LogP contribution in [0.4, 0.5) is 4.39 Å². The fourth-order valence-corrected chi connectivity index (χ4v) is 2.66. The molecule has 0 bridgehead atoms. The Hall–Kier alpha value is -1.09. The van der Waals surface area contributed by atoms with Crippen LogP contribution in [-0.4, -0.2) is 5.11 Å². The normalized spacial score (nSPS) is 14.1. The summed E-state index contributed by atoms with van der Waals surface area (Å²) >= 11 is 12.0. The van der Waals surface area contributed by atoms with E-state index in [1.807, 2.05) is 6.92 Å². The molecule has 1 nitrogen and oxygen atoms in total. The van der Waals surface area contributed by atoms with E-state index in [1.165, 1.54) is 12.1 Å². The van der Waals surface area contributed by atoms with Crippen LogP contribution in [0.3, 0.4) is 0 Å². The van der Waals surface area contributed by atoms with Crippen LogP contribution < -0.4 is 0 Å². The van der Waals surface area contributed by atoms with E-state index in [4.69, 9.17) is 23.2 Å². The molecule has 0 radical (unpaired) electrons. The molecule has 106 valence electrons. The van der Waals surface area contributed by atoms with Crippen molar-refractivity contribution < 1.29 is 9.50 Å². The highest BCUT2D eigenvalue weighted by Gasteiger charge is 2.28. The fraction of sp³-hybridized carbons (Fsp3) is 0.250. The van der Waals surface area contributed by atoms with Crippen molar-refractivity contribution in [2.45, 2.75) is 25.4 Å². The van der Waals surface area contributed by atoms with E-state index in [2.05, 4.69) is 0 Å². The van der Waals surface area contributed by atoms with E-state index in [1.54, 1.807) is 30.3 Å². The van der Waals surface area contributed by atoms with Gasteiger partial charge in [-0.15, -0.1) is 0 Å². The molecule has 1 N–H and O–H groups in total. The first-order valence-corrected chi connectivity index (χ1v) is 7.12. The lowest BCUT2D eigenvalue weighted by molar-refractivity contribution is 0.0324. The molecule has 0 saturated heterocycles. The van der Waals surface area contributed by atoms with Crippen molar-refractivity contribution in [3.8, 4) is 0 Å².